The second-order valence-electron chi connectivity index (χ2n) is 5.79. The average molecular weight is 250 g/mol. The Balaban J connectivity index is 1.85. The summed E-state index contributed by atoms with van der Waals surface area (Å²) in [6.45, 7) is 2.98. The Labute approximate surface area is 108 Å². The van der Waals surface area contributed by atoms with Crippen LogP contribution in [0.5, 0.6) is 0 Å². The minimum absolute atomic E-state index is 0.328. The summed E-state index contributed by atoms with van der Waals surface area (Å²) in [4.78, 5) is 6.35. The Kier molecular flexibility index (Phi) is 2.99. The van der Waals surface area contributed by atoms with E-state index in [1.54, 1.807) is 0 Å². The van der Waals surface area contributed by atoms with E-state index < -0.39 is 0 Å². The van der Waals surface area contributed by atoms with Crippen molar-refractivity contribution in [1.29, 1.82) is 0 Å². The Morgan fingerprint density at radius 1 is 1.29 bits per heavy atom. The van der Waals surface area contributed by atoms with Crippen LogP contribution in [0.15, 0.2) is 0 Å². The highest BCUT2D eigenvalue weighted by molar-refractivity contribution is 7.12. The summed E-state index contributed by atoms with van der Waals surface area (Å²) in [5.74, 6) is 0.745. The van der Waals surface area contributed by atoms with Crippen molar-refractivity contribution >= 4 is 11.3 Å². The first-order chi connectivity index (χ1) is 8.25. The molecule has 2 nitrogen and oxygen atoms in total. The average Bonchev–Trinajstić information content (AvgIpc) is 3.07. The highest BCUT2D eigenvalue weighted by atomic mass is 32.1. The number of rotatable bonds is 3. The lowest BCUT2D eigenvalue weighted by Crippen LogP contribution is -2.19. The topological polar surface area (TPSA) is 38.9 Å². The third-order valence-electron chi connectivity index (χ3n) is 4.49. The molecule has 0 atom stereocenters. The van der Waals surface area contributed by atoms with E-state index in [4.69, 9.17) is 10.7 Å². The fourth-order valence-electron chi connectivity index (χ4n) is 3.11. The Hall–Kier alpha value is -0.410. The van der Waals surface area contributed by atoms with Gasteiger partial charge in [-0.3, -0.25) is 0 Å². The number of thiazole rings is 1. The molecule has 0 spiro atoms. The zero-order valence-corrected chi connectivity index (χ0v) is 11.5. The molecule has 3 heteroatoms. The van der Waals surface area contributed by atoms with Crippen LogP contribution in [0.2, 0.25) is 0 Å². The summed E-state index contributed by atoms with van der Waals surface area (Å²) in [5.41, 5.74) is 7.53. The van der Waals surface area contributed by atoms with Crippen LogP contribution in [0.1, 0.15) is 66.4 Å². The first-order valence-corrected chi connectivity index (χ1v) is 7.75. The molecule has 0 saturated heterocycles. The lowest BCUT2D eigenvalue weighted by Gasteiger charge is -2.19. The lowest BCUT2D eigenvalue weighted by atomic mass is 9.90. The predicted molar refractivity (Wildman–Crippen MR) is 72.6 cm³/mol. The highest BCUT2D eigenvalue weighted by Crippen LogP contribution is 2.51. The minimum atomic E-state index is 0.328. The van der Waals surface area contributed by atoms with Gasteiger partial charge in [0.1, 0.15) is 0 Å². The van der Waals surface area contributed by atoms with Gasteiger partial charge in [-0.05, 0) is 32.6 Å². The van der Waals surface area contributed by atoms with Crippen molar-refractivity contribution in [2.45, 2.75) is 63.2 Å². The molecule has 0 radical (unpaired) electrons. The summed E-state index contributed by atoms with van der Waals surface area (Å²) < 4.78 is 0. The van der Waals surface area contributed by atoms with Crippen LogP contribution in [0, 0.1) is 6.92 Å². The minimum Gasteiger partial charge on any atom is -0.330 e. The molecule has 3 rings (SSSR count). The van der Waals surface area contributed by atoms with Crippen molar-refractivity contribution in [1.82, 2.24) is 4.98 Å². The van der Waals surface area contributed by atoms with E-state index in [1.807, 2.05) is 11.3 Å². The van der Waals surface area contributed by atoms with Crippen molar-refractivity contribution in [3.8, 4) is 0 Å². The van der Waals surface area contributed by atoms with Gasteiger partial charge in [-0.15, -0.1) is 11.3 Å². The molecule has 1 aromatic heterocycles. The summed E-state index contributed by atoms with van der Waals surface area (Å²) >= 11 is 1.97. The molecule has 0 aliphatic heterocycles. The molecule has 2 fully saturated rings. The number of nitrogens with two attached hydrogens (primary N) is 1. The summed E-state index contributed by atoms with van der Waals surface area (Å²) in [5, 5.41) is 1.40. The van der Waals surface area contributed by atoms with Gasteiger partial charge in [0, 0.05) is 22.8 Å². The maximum Gasteiger partial charge on any atom is 0.0962 e. The van der Waals surface area contributed by atoms with Crippen molar-refractivity contribution in [2.24, 2.45) is 5.73 Å². The predicted octanol–water partition coefficient (Wildman–Crippen LogP) is 3.49. The summed E-state index contributed by atoms with van der Waals surface area (Å²) in [6.07, 6.45) is 9.44. The van der Waals surface area contributed by atoms with Crippen LogP contribution in [0.4, 0.5) is 0 Å². The molecule has 2 aliphatic carbocycles. The van der Waals surface area contributed by atoms with Gasteiger partial charge in [0.05, 0.1) is 10.7 Å². The van der Waals surface area contributed by atoms with E-state index in [1.165, 1.54) is 60.5 Å². The Morgan fingerprint density at radius 3 is 2.59 bits per heavy atom. The van der Waals surface area contributed by atoms with Crippen LogP contribution < -0.4 is 5.73 Å². The van der Waals surface area contributed by atoms with E-state index in [0.717, 1.165) is 12.5 Å². The van der Waals surface area contributed by atoms with Gasteiger partial charge in [0.15, 0.2) is 0 Å². The molecular formula is C14H22N2S. The van der Waals surface area contributed by atoms with Crippen LogP contribution in [-0.2, 0) is 5.41 Å². The molecule has 0 unspecified atom stereocenters. The molecular weight excluding hydrogens is 228 g/mol. The van der Waals surface area contributed by atoms with Gasteiger partial charge in [0.25, 0.3) is 0 Å². The lowest BCUT2D eigenvalue weighted by molar-refractivity contribution is 0.442. The number of aryl methyl sites for hydroxylation is 1. The van der Waals surface area contributed by atoms with Gasteiger partial charge in [-0.2, -0.15) is 0 Å². The Bertz CT molecular complexity index is 400. The first kappa shape index (κ1) is 11.7. The third-order valence-corrected chi connectivity index (χ3v) is 6.06. The monoisotopic (exact) mass is 250 g/mol. The third kappa shape index (κ3) is 2.04. The van der Waals surface area contributed by atoms with Gasteiger partial charge in [-0.25, -0.2) is 4.98 Å². The first-order valence-electron chi connectivity index (χ1n) is 6.93. The van der Waals surface area contributed by atoms with Crippen molar-refractivity contribution in [2.75, 3.05) is 6.54 Å². The molecule has 1 heterocycles. The number of nitrogens with zero attached hydrogens (tertiary/aromatic N) is 1. The second-order valence-corrected chi connectivity index (χ2v) is 6.82. The molecule has 1 aromatic rings. The van der Waals surface area contributed by atoms with Crippen LogP contribution in [0.3, 0.4) is 0 Å². The molecule has 0 amide bonds. The summed E-state index contributed by atoms with van der Waals surface area (Å²) in [7, 11) is 0. The van der Waals surface area contributed by atoms with E-state index in [2.05, 4.69) is 6.92 Å². The largest absolute Gasteiger partial charge is 0.330 e. The van der Waals surface area contributed by atoms with Gasteiger partial charge < -0.3 is 5.73 Å². The number of aromatic nitrogens is 1. The zero-order chi connectivity index (χ0) is 11.9. The maximum atomic E-state index is 5.94. The SMILES string of the molecule is Cc1nc(C2CCCCC2)sc1C1(CN)CC1. The quantitative estimate of drug-likeness (QED) is 0.892. The fraction of sp³-hybridized carbons (Fsp3) is 0.786. The second kappa shape index (κ2) is 4.36. The van der Waals surface area contributed by atoms with Crippen molar-refractivity contribution < 1.29 is 0 Å². The Morgan fingerprint density at radius 2 is 2.00 bits per heavy atom. The summed E-state index contributed by atoms with van der Waals surface area (Å²) in [6, 6.07) is 0. The molecule has 2 saturated carbocycles. The van der Waals surface area contributed by atoms with Gasteiger partial charge >= 0.3 is 0 Å². The number of hydrogen-bond acceptors (Lipinski definition) is 3. The van der Waals surface area contributed by atoms with E-state index in [0.29, 0.717) is 5.41 Å². The standard InChI is InChI=1S/C14H22N2S/c1-10-12(14(9-15)7-8-14)17-13(16-10)11-5-3-2-4-6-11/h11H,2-9,15H2,1H3. The van der Waals surface area contributed by atoms with Crippen molar-refractivity contribution in [3.63, 3.8) is 0 Å². The molecule has 2 N–H and O–H groups in total. The van der Waals surface area contributed by atoms with Crippen LogP contribution >= 0.6 is 11.3 Å². The molecule has 0 aromatic carbocycles. The van der Waals surface area contributed by atoms with Crippen molar-refractivity contribution in [3.05, 3.63) is 15.6 Å². The van der Waals surface area contributed by atoms with Gasteiger partial charge in [-0.1, -0.05) is 19.3 Å². The maximum absolute atomic E-state index is 5.94. The van der Waals surface area contributed by atoms with Crippen LogP contribution in [-0.4, -0.2) is 11.5 Å². The molecule has 17 heavy (non-hydrogen) atoms. The molecule has 2 aliphatic rings. The van der Waals surface area contributed by atoms with Crippen LogP contribution in [0.25, 0.3) is 0 Å². The molecule has 0 bridgehead atoms. The highest BCUT2D eigenvalue weighted by Gasteiger charge is 2.46. The van der Waals surface area contributed by atoms with Gasteiger partial charge in [0.2, 0.25) is 0 Å². The normalized spacial score (nSPS) is 23.9. The van der Waals surface area contributed by atoms with E-state index in [-0.39, 0.29) is 0 Å². The fourth-order valence-corrected chi connectivity index (χ4v) is 4.60. The van der Waals surface area contributed by atoms with E-state index >= 15 is 0 Å². The zero-order valence-electron chi connectivity index (χ0n) is 10.7. The van der Waals surface area contributed by atoms with E-state index in [9.17, 15) is 0 Å². The molecule has 94 valence electrons. The smallest absolute Gasteiger partial charge is 0.0962 e. The number of hydrogen-bond donors (Lipinski definition) is 1.